The Morgan fingerprint density at radius 3 is 2.51 bits per heavy atom. The molecule has 0 saturated carbocycles. The van der Waals surface area contributed by atoms with Gasteiger partial charge < -0.3 is 35.7 Å². The molecule has 0 aromatic heterocycles. The van der Waals surface area contributed by atoms with E-state index in [1.807, 2.05) is 48.5 Å². The minimum absolute atomic E-state index is 0.00939. The fraction of sp³-hybridized carbons (Fsp3) is 0.429. The van der Waals surface area contributed by atoms with Gasteiger partial charge in [0.25, 0.3) is 0 Å². The van der Waals surface area contributed by atoms with Crippen LogP contribution in [-0.2, 0) is 30.4 Å². The number of nitrogens with two attached hydrogens (primary N) is 1. The van der Waals surface area contributed by atoms with Gasteiger partial charge in [-0.05, 0) is 61.2 Å². The second-order valence-corrected chi connectivity index (χ2v) is 11.8. The number of para-hydroxylation sites is 2. The summed E-state index contributed by atoms with van der Waals surface area (Å²) in [6, 6.07) is 22.8. The number of carbonyl (C=O) groups is 2. The van der Waals surface area contributed by atoms with Crippen LogP contribution in [0, 0.1) is 0 Å². The first-order valence-electron chi connectivity index (χ1n) is 15.7. The van der Waals surface area contributed by atoms with Gasteiger partial charge in [-0.25, -0.2) is 0 Å². The standard InChI is InChI=1S/C35H44N4O6/c1-43-23-28-9-6-18-39(28)21-29-20-32(25-16-14-24(22-40)15-17-25)45-35(44-29)26-7-4-8-27(19-26)37-33(41)12-5-13-34(42)38-31-11-3-2-10-30(31)36/h2-4,7-8,10-11,14-17,19,28-29,32,35,40H,5-6,9,12-13,18,20-23,36H2,1H3,(H,37,41)(H,38,42)/t28-,29-,32+,35+/m0/s1. The van der Waals surface area contributed by atoms with E-state index in [2.05, 4.69) is 15.5 Å². The number of nitrogen functional groups attached to an aromatic ring is 1. The second-order valence-electron chi connectivity index (χ2n) is 11.8. The van der Waals surface area contributed by atoms with Gasteiger partial charge in [-0.1, -0.05) is 48.5 Å². The molecule has 0 bridgehead atoms. The third-order valence-corrected chi connectivity index (χ3v) is 8.40. The summed E-state index contributed by atoms with van der Waals surface area (Å²) in [5, 5.41) is 15.2. The number of anilines is 3. The number of carbonyl (C=O) groups excluding carboxylic acids is 2. The molecule has 5 N–H and O–H groups in total. The monoisotopic (exact) mass is 616 g/mol. The Labute approximate surface area is 264 Å². The topological polar surface area (TPSA) is 135 Å². The van der Waals surface area contributed by atoms with Crippen molar-refractivity contribution in [3.05, 3.63) is 89.5 Å². The first kappa shape index (κ1) is 32.6. The Kier molecular flexibility index (Phi) is 11.6. The van der Waals surface area contributed by atoms with Gasteiger partial charge in [0.1, 0.15) is 0 Å². The number of aliphatic hydroxyl groups excluding tert-OH is 1. The molecule has 2 fully saturated rings. The lowest BCUT2D eigenvalue weighted by molar-refractivity contribution is -0.253. The number of amides is 2. The number of benzene rings is 3. The van der Waals surface area contributed by atoms with Crippen LogP contribution >= 0.6 is 0 Å². The number of nitrogens with zero attached hydrogens (tertiary/aromatic N) is 1. The highest BCUT2D eigenvalue weighted by atomic mass is 16.7. The molecule has 0 radical (unpaired) electrons. The zero-order valence-electron chi connectivity index (χ0n) is 25.8. The largest absolute Gasteiger partial charge is 0.397 e. The smallest absolute Gasteiger partial charge is 0.224 e. The number of methoxy groups -OCH3 is 1. The van der Waals surface area contributed by atoms with Gasteiger partial charge in [-0.2, -0.15) is 0 Å². The Balaban J connectivity index is 1.21. The predicted molar refractivity (Wildman–Crippen MR) is 173 cm³/mol. The Bertz CT molecular complexity index is 1420. The van der Waals surface area contributed by atoms with Crippen LogP contribution in [0.5, 0.6) is 0 Å². The average Bonchev–Trinajstić information content (AvgIpc) is 3.48. The van der Waals surface area contributed by atoms with Crippen molar-refractivity contribution < 1.29 is 28.9 Å². The summed E-state index contributed by atoms with van der Waals surface area (Å²) in [6.45, 7) is 2.48. The molecule has 2 saturated heterocycles. The van der Waals surface area contributed by atoms with Crippen molar-refractivity contribution in [2.24, 2.45) is 0 Å². The maximum absolute atomic E-state index is 12.8. The Hall–Kier alpha value is -3.80. The molecule has 240 valence electrons. The van der Waals surface area contributed by atoms with E-state index in [-0.39, 0.29) is 43.5 Å². The lowest BCUT2D eigenvalue weighted by Crippen LogP contribution is -2.42. The van der Waals surface area contributed by atoms with Gasteiger partial charge in [-0.15, -0.1) is 0 Å². The summed E-state index contributed by atoms with van der Waals surface area (Å²) in [5.74, 6) is -0.366. The van der Waals surface area contributed by atoms with Crippen molar-refractivity contribution in [1.82, 2.24) is 4.90 Å². The van der Waals surface area contributed by atoms with E-state index in [0.717, 1.165) is 42.6 Å². The number of likely N-dealkylation sites (tertiary alicyclic amines) is 1. The molecule has 2 heterocycles. The molecular weight excluding hydrogens is 572 g/mol. The molecule has 2 aliphatic heterocycles. The molecule has 45 heavy (non-hydrogen) atoms. The number of rotatable bonds is 13. The van der Waals surface area contributed by atoms with Gasteiger partial charge >= 0.3 is 0 Å². The third kappa shape index (κ3) is 9.12. The highest BCUT2D eigenvalue weighted by Gasteiger charge is 2.35. The van der Waals surface area contributed by atoms with Crippen molar-refractivity contribution in [2.45, 2.75) is 69.7 Å². The summed E-state index contributed by atoms with van der Waals surface area (Å²) in [4.78, 5) is 27.5. The number of nitrogens with one attached hydrogen (secondary N) is 2. The first-order chi connectivity index (χ1) is 21.9. The maximum Gasteiger partial charge on any atom is 0.224 e. The first-order valence-corrected chi connectivity index (χ1v) is 15.7. The van der Waals surface area contributed by atoms with Crippen molar-refractivity contribution in [1.29, 1.82) is 0 Å². The van der Waals surface area contributed by atoms with Crippen LogP contribution in [0.4, 0.5) is 17.1 Å². The van der Waals surface area contributed by atoms with Gasteiger partial charge in [0.05, 0.1) is 36.8 Å². The van der Waals surface area contributed by atoms with Crippen LogP contribution in [0.2, 0.25) is 0 Å². The highest BCUT2D eigenvalue weighted by Crippen LogP contribution is 2.39. The van der Waals surface area contributed by atoms with Gasteiger partial charge in [0.15, 0.2) is 6.29 Å². The van der Waals surface area contributed by atoms with E-state index in [9.17, 15) is 14.7 Å². The predicted octanol–water partition coefficient (Wildman–Crippen LogP) is 5.16. The minimum atomic E-state index is -0.624. The molecular formula is C35H44N4O6. The number of aliphatic hydroxyl groups is 1. The van der Waals surface area contributed by atoms with Crippen LogP contribution in [0.25, 0.3) is 0 Å². The molecule has 3 aromatic carbocycles. The highest BCUT2D eigenvalue weighted by molar-refractivity contribution is 5.94. The number of hydrogen-bond donors (Lipinski definition) is 4. The van der Waals surface area contributed by atoms with E-state index < -0.39 is 6.29 Å². The fourth-order valence-electron chi connectivity index (χ4n) is 6.03. The molecule has 2 amide bonds. The molecule has 10 nitrogen and oxygen atoms in total. The van der Waals surface area contributed by atoms with Crippen LogP contribution in [0.1, 0.15) is 67.6 Å². The number of hydrogen-bond acceptors (Lipinski definition) is 8. The Morgan fingerprint density at radius 1 is 0.978 bits per heavy atom. The van der Waals surface area contributed by atoms with E-state index in [4.69, 9.17) is 19.9 Å². The van der Waals surface area contributed by atoms with E-state index in [1.165, 1.54) is 0 Å². The van der Waals surface area contributed by atoms with E-state index in [1.54, 1.807) is 31.4 Å². The van der Waals surface area contributed by atoms with Crippen molar-refractivity contribution >= 4 is 28.9 Å². The maximum atomic E-state index is 12.8. The zero-order valence-corrected chi connectivity index (χ0v) is 25.8. The zero-order chi connectivity index (χ0) is 31.6. The van der Waals surface area contributed by atoms with Gasteiger partial charge in [-0.3, -0.25) is 14.5 Å². The van der Waals surface area contributed by atoms with Crippen molar-refractivity contribution in [3.8, 4) is 0 Å². The normalized spacial score (nSPS) is 21.8. The minimum Gasteiger partial charge on any atom is -0.397 e. The van der Waals surface area contributed by atoms with E-state index in [0.29, 0.717) is 42.6 Å². The lowest BCUT2D eigenvalue weighted by Gasteiger charge is -2.39. The summed E-state index contributed by atoms with van der Waals surface area (Å²) in [7, 11) is 1.74. The van der Waals surface area contributed by atoms with Crippen LogP contribution in [0.15, 0.2) is 72.8 Å². The van der Waals surface area contributed by atoms with Crippen LogP contribution in [0.3, 0.4) is 0 Å². The third-order valence-electron chi connectivity index (χ3n) is 8.40. The molecule has 0 aliphatic carbocycles. The molecule has 5 rings (SSSR count). The Morgan fingerprint density at radius 2 is 1.76 bits per heavy atom. The molecule has 3 aromatic rings. The quantitative estimate of drug-likeness (QED) is 0.193. The summed E-state index contributed by atoms with van der Waals surface area (Å²) in [6.07, 6.45) is 2.87. The average molecular weight is 617 g/mol. The van der Waals surface area contributed by atoms with Crippen molar-refractivity contribution in [2.75, 3.05) is 43.2 Å². The van der Waals surface area contributed by atoms with Crippen molar-refractivity contribution in [3.63, 3.8) is 0 Å². The molecule has 0 unspecified atom stereocenters. The summed E-state index contributed by atoms with van der Waals surface area (Å²) in [5.41, 5.74) is 10.3. The summed E-state index contributed by atoms with van der Waals surface area (Å²) < 4.78 is 18.5. The fourth-order valence-corrected chi connectivity index (χ4v) is 6.03. The second kappa shape index (κ2) is 16.0. The molecule has 2 aliphatic rings. The number of ether oxygens (including phenoxy) is 3. The van der Waals surface area contributed by atoms with E-state index >= 15 is 0 Å². The van der Waals surface area contributed by atoms with Crippen LogP contribution < -0.4 is 16.4 Å². The molecule has 4 atom stereocenters. The molecule has 0 spiro atoms. The molecule has 10 heteroatoms. The lowest BCUT2D eigenvalue weighted by atomic mass is 9.99. The van der Waals surface area contributed by atoms with Crippen LogP contribution in [-0.4, -0.2) is 60.8 Å². The van der Waals surface area contributed by atoms with Gasteiger partial charge in [0, 0.05) is 50.2 Å². The van der Waals surface area contributed by atoms with Gasteiger partial charge in [0.2, 0.25) is 11.8 Å². The summed E-state index contributed by atoms with van der Waals surface area (Å²) >= 11 is 0. The SMILES string of the molecule is COC[C@@H]1CCCN1C[C@@H]1C[C@H](c2ccc(CO)cc2)O[C@H](c2cccc(NC(=O)CCCC(=O)Nc3ccccc3N)c2)O1.